The summed E-state index contributed by atoms with van der Waals surface area (Å²) in [5.74, 6) is 5.28. The fraction of sp³-hybridized carbons (Fsp3) is 0.625. The molecule has 2 aliphatic heterocycles. The van der Waals surface area contributed by atoms with E-state index >= 15 is 0 Å². The molecule has 0 nitrogen and oxygen atoms in total. The lowest BCUT2D eigenvalue weighted by Crippen LogP contribution is -1.95. The van der Waals surface area contributed by atoms with Crippen molar-refractivity contribution >= 4 is 23.5 Å². The van der Waals surface area contributed by atoms with Gasteiger partial charge >= 0.3 is 0 Å². The Morgan fingerprint density at radius 1 is 0.556 bits per heavy atom. The number of thioether (sulfide) groups is 2. The van der Waals surface area contributed by atoms with Crippen LogP contribution in [0.25, 0.3) is 0 Å². The van der Waals surface area contributed by atoms with Crippen molar-refractivity contribution in [3.63, 3.8) is 0 Å². The smallest absolute Gasteiger partial charge is 0.00270 e. The summed E-state index contributed by atoms with van der Waals surface area (Å²) in [5.41, 5.74) is 3.01. The number of hydrogen-bond acceptors (Lipinski definition) is 2. The normalized spacial score (nSPS) is 19.8. The van der Waals surface area contributed by atoms with Gasteiger partial charge in [0.25, 0.3) is 0 Å². The average molecular weight is 281 g/mol. The Hall–Kier alpha value is -0.0800. The first kappa shape index (κ1) is 14.3. The third kappa shape index (κ3) is 5.71. The quantitative estimate of drug-likeness (QED) is 0.669. The van der Waals surface area contributed by atoms with Gasteiger partial charge in [-0.25, -0.2) is 0 Å². The zero-order valence-electron chi connectivity index (χ0n) is 11.2. The molecular formula is C16H24S2. The van der Waals surface area contributed by atoms with Gasteiger partial charge in [-0.1, -0.05) is 37.1 Å². The second-order valence-electron chi connectivity index (χ2n) is 4.96. The van der Waals surface area contributed by atoms with Crippen LogP contribution in [0.3, 0.4) is 0 Å². The minimum absolute atomic E-state index is 1.24. The van der Waals surface area contributed by atoms with Crippen LogP contribution in [0.15, 0.2) is 24.3 Å². The lowest BCUT2D eigenvalue weighted by atomic mass is 10.1. The number of aryl methyl sites for hydroxylation is 2. The van der Waals surface area contributed by atoms with Gasteiger partial charge < -0.3 is 0 Å². The lowest BCUT2D eigenvalue weighted by molar-refractivity contribution is 0.711. The van der Waals surface area contributed by atoms with Crippen molar-refractivity contribution in [3.05, 3.63) is 35.4 Å². The molecule has 0 atom stereocenters. The molecule has 1 aromatic rings. The van der Waals surface area contributed by atoms with Gasteiger partial charge in [-0.15, -0.1) is 0 Å². The largest absolute Gasteiger partial charge is 0.162 e. The fourth-order valence-corrected chi connectivity index (χ4v) is 4.20. The average Bonchev–Trinajstić information content (AvgIpc) is 2.40. The molecular weight excluding hydrogens is 256 g/mol. The third-order valence-corrected chi connectivity index (χ3v) is 5.56. The number of hydrogen-bond donors (Lipinski definition) is 0. The van der Waals surface area contributed by atoms with Crippen LogP contribution >= 0.6 is 23.5 Å². The van der Waals surface area contributed by atoms with E-state index in [-0.39, 0.29) is 0 Å². The van der Waals surface area contributed by atoms with E-state index in [9.17, 15) is 0 Å². The van der Waals surface area contributed by atoms with Crippen LogP contribution < -0.4 is 0 Å². The molecule has 0 fully saturated rings. The van der Waals surface area contributed by atoms with Crippen LogP contribution in [0, 0.1) is 0 Å². The molecule has 0 aliphatic carbocycles. The summed E-state index contributed by atoms with van der Waals surface area (Å²) in [4.78, 5) is 0. The highest BCUT2D eigenvalue weighted by atomic mass is 32.2. The number of benzene rings is 1. The van der Waals surface area contributed by atoms with Crippen LogP contribution in [0.4, 0.5) is 0 Å². The molecule has 3 rings (SSSR count). The maximum absolute atomic E-state index is 2.33. The highest BCUT2D eigenvalue weighted by Crippen LogP contribution is 2.15. The molecule has 2 aliphatic rings. The van der Waals surface area contributed by atoms with Crippen molar-refractivity contribution in [3.8, 4) is 0 Å². The molecule has 2 heteroatoms. The molecule has 100 valence electrons. The van der Waals surface area contributed by atoms with Gasteiger partial charge in [-0.3, -0.25) is 0 Å². The van der Waals surface area contributed by atoms with Crippen LogP contribution in [-0.4, -0.2) is 23.0 Å². The van der Waals surface area contributed by atoms with Gasteiger partial charge in [0.1, 0.15) is 0 Å². The van der Waals surface area contributed by atoms with Gasteiger partial charge in [0.15, 0.2) is 0 Å². The maximum atomic E-state index is 2.33. The fourth-order valence-electron chi connectivity index (χ4n) is 2.22. The molecule has 0 amide bonds. The van der Waals surface area contributed by atoms with Crippen LogP contribution in [0.1, 0.15) is 36.8 Å². The first-order valence-electron chi connectivity index (χ1n) is 7.18. The van der Waals surface area contributed by atoms with Gasteiger partial charge in [0, 0.05) is 0 Å². The monoisotopic (exact) mass is 280 g/mol. The number of rotatable bonds is 0. The van der Waals surface area contributed by atoms with Gasteiger partial charge in [0.2, 0.25) is 0 Å². The first-order chi connectivity index (χ1) is 8.95. The summed E-state index contributed by atoms with van der Waals surface area (Å²) in [6.07, 6.45) is 8.16. The molecule has 18 heavy (non-hydrogen) atoms. The second-order valence-corrected chi connectivity index (χ2v) is 7.40. The summed E-state index contributed by atoms with van der Waals surface area (Å²) in [6.45, 7) is 0. The lowest BCUT2D eigenvalue weighted by Gasteiger charge is -2.07. The summed E-state index contributed by atoms with van der Waals surface area (Å²) < 4.78 is 0. The van der Waals surface area contributed by atoms with E-state index in [0.29, 0.717) is 0 Å². The van der Waals surface area contributed by atoms with Crippen molar-refractivity contribution in [2.45, 2.75) is 38.5 Å². The van der Waals surface area contributed by atoms with Crippen LogP contribution in [0.5, 0.6) is 0 Å². The molecule has 0 spiro atoms. The summed E-state index contributed by atoms with van der Waals surface area (Å²) >= 11 is 4.25. The van der Waals surface area contributed by atoms with Crippen molar-refractivity contribution < 1.29 is 0 Å². The summed E-state index contributed by atoms with van der Waals surface area (Å²) in [5, 5.41) is 0. The Labute approximate surface area is 120 Å². The molecule has 0 aromatic heterocycles. The zero-order chi connectivity index (χ0) is 12.5. The standard InChI is InChI=1S/C16H24S2/c1-2-4-12-18-14-10-16-7-5-15(6-8-16)9-13-17-11-3-1/h5-8H,1-4,9-14H2. The zero-order valence-corrected chi connectivity index (χ0v) is 12.8. The van der Waals surface area contributed by atoms with Crippen LogP contribution in [0.2, 0.25) is 0 Å². The maximum Gasteiger partial charge on any atom is -0.00270 e. The SMILES string of the molecule is c1cc2ccc1CCSCCCCCCSCC2. The molecule has 1 aromatic carbocycles. The Morgan fingerprint density at radius 3 is 1.44 bits per heavy atom. The van der Waals surface area contributed by atoms with E-state index in [1.165, 1.54) is 72.7 Å². The van der Waals surface area contributed by atoms with Crippen molar-refractivity contribution in [1.29, 1.82) is 0 Å². The van der Waals surface area contributed by atoms with E-state index in [1.807, 2.05) is 0 Å². The summed E-state index contributed by atoms with van der Waals surface area (Å²) in [6, 6.07) is 9.30. The minimum Gasteiger partial charge on any atom is -0.162 e. The third-order valence-electron chi connectivity index (χ3n) is 3.42. The molecule has 0 saturated heterocycles. The predicted octanol–water partition coefficient (Wildman–Crippen LogP) is 4.81. The molecule has 0 radical (unpaired) electrons. The highest BCUT2D eigenvalue weighted by Gasteiger charge is 1.99. The Kier molecular flexibility index (Phi) is 7.11. The minimum atomic E-state index is 1.24. The predicted molar refractivity (Wildman–Crippen MR) is 87.0 cm³/mol. The molecule has 0 unspecified atom stereocenters. The van der Waals surface area contributed by atoms with Crippen molar-refractivity contribution in [1.82, 2.24) is 0 Å². The van der Waals surface area contributed by atoms with Crippen molar-refractivity contribution in [2.24, 2.45) is 0 Å². The highest BCUT2D eigenvalue weighted by molar-refractivity contribution is 7.99. The van der Waals surface area contributed by atoms with E-state index in [4.69, 9.17) is 0 Å². The van der Waals surface area contributed by atoms with E-state index < -0.39 is 0 Å². The van der Waals surface area contributed by atoms with E-state index in [1.54, 1.807) is 0 Å². The van der Waals surface area contributed by atoms with Gasteiger partial charge in [-0.05, 0) is 59.8 Å². The Balaban J connectivity index is 1.84. The second kappa shape index (κ2) is 8.92. The van der Waals surface area contributed by atoms with Gasteiger partial charge in [-0.2, -0.15) is 23.5 Å². The van der Waals surface area contributed by atoms with Crippen molar-refractivity contribution in [2.75, 3.05) is 23.0 Å². The topological polar surface area (TPSA) is 0 Å². The van der Waals surface area contributed by atoms with Crippen LogP contribution in [-0.2, 0) is 12.8 Å². The molecule has 2 bridgehead atoms. The number of fused-ring (bicyclic) bond motifs is 13. The summed E-state index contributed by atoms with van der Waals surface area (Å²) in [7, 11) is 0. The molecule has 2 heterocycles. The van der Waals surface area contributed by atoms with E-state index in [2.05, 4.69) is 47.8 Å². The first-order valence-corrected chi connectivity index (χ1v) is 9.49. The molecule has 0 saturated carbocycles. The van der Waals surface area contributed by atoms with E-state index in [0.717, 1.165) is 0 Å². The Bertz CT molecular complexity index is 285. The molecule has 0 N–H and O–H groups in total. The Morgan fingerprint density at radius 2 is 1.00 bits per heavy atom. The van der Waals surface area contributed by atoms with Gasteiger partial charge in [0.05, 0.1) is 0 Å².